The lowest BCUT2D eigenvalue weighted by atomic mass is 9.99. The van der Waals surface area contributed by atoms with E-state index in [1.807, 2.05) is 72.8 Å². The van der Waals surface area contributed by atoms with E-state index in [1.165, 1.54) is 9.40 Å². The summed E-state index contributed by atoms with van der Waals surface area (Å²) in [5, 5.41) is 23.7. The quantitative estimate of drug-likeness (QED) is 0.178. The monoisotopic (exact) mass is 706 g/mol. The third-order valence-corrected chi connectivity index (χ3v) is 11.0. The third kappa shape index (κ3) is 5.28. The standard InChI is InChI=1S/C47H26N6S/c48-27-29-21-30(28-49)23-35(22-29)33-16-19-43-39(24-33)40-26-36(17-20-44(40)54-43)53-41-14-8-7-13-37(41)38-25-34(15-18-42(38)53)47-51-45(31-9-3-1-4-10-31)50-46(52-47)32-11-5-2-6-12-32/h1-26H. The van der Waals surface area contributed by atoms with Gasteiger partial charge in [-0.15, -0.1) is 11.3 Å². The van der Waals surface area contributed by atoms with Crippen molar-refractivity contribution >= 4 is 53.3 Å². The van der Waals surface area contributed by atoms with E-state index in [4.69, 9.17) is 15.0 Å². The van der Waals surface area contributed by atoms with Crippen LogP contribution in [0.15, 0.2) is 158 Å². The summed E-state index contributed by atoms with van der Waals surface area (Å²) in [6, 6.07) is 57.8. The Morgan fingerprint density at radius 1 is 0.407 bits per heavy atom. The molecule has 6 nitrogen and oxygen atoms in total. The Morgan fingerprint density at radius 2 is 0.944 bits per heavy atom. The predicted octanol–water partition coefficient (Wildman–Crippen LogP) is 11.7. The summed E-state index contributed by atoms with van der Waals surface area (Å²) in [6.45, 7) is 0. The van der Waals surface area contributed by atoms with Crippen molar-refractivity contribution in [3.63, 3.8) is 0 Å². The van der Waals surface area contributed by atoms with Gasteiger partial charge in [0.05, 0.1) is 34.3 Å². The first-order valence-electron chi connectivity index (χ1n) is 17.5. The van der Waals surface area contributed by atoms with Crippen LogP contribution in [0, 0.1) is 22.7 Å². The lowest BCUT2D eigenvalue weighted by molar-refractivity contribution is 1.07. The Labute approximate surface area is 314 Å². The summed E-state index contributed by atoms with van der Waals surface area (Å²) in [5.74, 6) is 1.88. The highest BCUT2D eigenvalue weighted by Gasteiger charge is 2.18. The Bertz CT molecular complexity index is 3090. The molecule has 0 aliphatic rings. The van der Waals surface area contributed by atoms with Gasteiger partial charge < -0.3 is 4.57 Å². The summed E-state index contributed by atoms with van der Waals surface area (Å²) < 4.78 is 4.70. The Hall–Kier alpha value is -7.45. The number of fused-ring (bicyclic) bond motifs is 6. The zero-order chi connectivity index (χ0) is 36.2. The predicted molar refractivity (Wildman–Crippen MR) is 218 cm³/mol. The molecule has 7 aromatic carbocycles. The molecule has 0 radical (unpaired) electrons. The number of nitrogens with zero attached hydrogens (tertiary/aromatic N) is 6. The normalized spacial score (nSPS) is 11.3. The fourth-order valence-corrected chi connectivity index (χ4v) is 8.40. The van der Waals surface area contributed by atoms with Crippen molar-refractivity contribution in [1.82, 2.24) is 19.5 Å². The lowest BCUT2D eigenvalue weighted by Crippen LogP contribution is -2.00. The average molecular weight is 707 g/mol. The van der Waals surface area contributed by atoms with Gasteiger partial charge in [0.2, 0.25) is 0 Å². The van der Waals surface area contributed by atoms with Crippen LogP contribution in [0.2, 0.25) is 0 Å². The van der Waals surface area contributed by atoms with E-state index in [9.17, 15) is 10.5 Å². The van der Waals surface area contributed by atoms with Crippen molar-refractivity contribution < 1.29 is 0 Å². The zero-order valence-electron chi connectivity index (χ0n) is 28.6. The number of thiophene rings is 1. The van der Waals surface area contributed by atoms with Gasteiger partial charge in [-0.2, -0.15) is 10.5 Å². The van der Waals surface area contributed by atoms with E-state index >= 15 is 0 Å². The molecule has 7 heteroatoms. The highest BCUT2D eigenvalue weighted by atomic mass is 32.1. The van der Waals surface area contributed by atoms with Crippen molar-refractivity contribution in [3.8, 4) is 63.1 Å². The maximum absolute atomic E-state index is 9.59. The summed E-state index contributed by atoms with van der Waals surface area (Å²) in [4.78, 5) is 14.9. The first-order chi connectivity index (χ1) is 26.6. The van der Waals surface area contributed by atoms with E-state index < -0.39 is 0 Å². The topological polar surface area (TPSA) is 91.2 Å². The molecule has 0 aliphatic carbocycles. The average Bonchev–Trinajstić information content (AvgIpc) is 3.78. The Kier molecular flexibility index (Phi) is 7.33. The van der Waals surface area contributed by atoms with Crippen LogP contribution in [0.5, 0.6) is 0 Å². The molecule has 250 valence electrons. The molecule has 0 aliphatic heterocycles. The molecular formula is C47H26N6S. The summed E-state index contributed by atoms with van der Waals surface area (Å²) >= 11 is 1.76. The van der Waals surface area contributed by atoms with E-state index in [-0.39, 0.29) is 0 Å². The van der Waals surface area contributed by atoms with Crippen LogP contribution in [0.25, 0.3) is 93.0 Å². The molecule has 0 spiro atoms. The summed E-state index contributed by atoms with van der Waals surface area (Å²) in [6.07, 6.45) is 0. The minimum Gasteiger partial charge on any atom is -0.309 e. The van der Waals surface area contributed by atoms with Gasteiger partial charge in [0.15, 0.2) is 17.5 Å². The highest BCUT2D eigenvalue weighted by Crippen LogP contribution is 2.40. The van der Waals surface area contributed by atoms with Crippen molar-refractivity contribution in [3.05, 3.63) is 169 Å². The van der Waals surface area contributed by atoms with Crippen LogP contribution in [-0.2, 0) is 0 Å². The second kappa shape index (κ2) is 12.6. The van der Waals surface area contributed by atoms with E-state index in [0.717, 1.165) is 66.1 Å². The van der Waals surface area contributed by atoms with Gasteiger partial charge in [0, 0.05) is 53.3 Å². The Balaban J connectivity index is 1.13. The van der Waals surface area contributed by atoms with Gasteiger partial charge in [-0.1, -0.05) is 84.9 Å². The van der Waals surface area contributed by atoms with Crippen LogP contribution < -0.4 is 0 Å². The Morgan fingerprint density at radius 3 is 1.61 bits per heavy atom. The van der Waals surface area contributed by atoms with Crippen molar-refractivity contribution in [2.24, 2.45) is 0 Å². The van der Waals surface area contributed by atoms with Gasteiger partial charge in [-0.25, -0.2) is 15.0 Å². The molecule has 0 atom stereocenters. The molecule has 3 aromatic heterocycles. The van der Waals surface area contributed by atoms with Gasteiger partial charge >= 0.3 is 0 Å². The molecule has 10 rings (SSSR count). The summed E-state index contributed by atoms with van der Waals surface area (Å²) in [5.41, 5.74) is 8.78. The number of para-hydroxylation sites is 1. The van der Waals surface area contributed by atoms with E-state index in [0.29, 0.717) is 28.6 Å². The molecule has 0 unspecified atom stereocenters. The van der Waals surface area contributed by atoms with Crippen LogP contribution in [0.3, 0.4) is 0 Å². The molecule has 0 N–H and O–H groups in total. The fourth-order valence-electron chi connectivity index (χ4n) is 7.34. The summed E-state index contributed by atoms with van der Waals surface area (Å²) in [7, 11) is 0. The largest absolute Gasteiger partial charge is 0.309 e. The molecule has 0 bridgehead atoms. The first-order valence-corrected chi connectivity index (χ1v) is 18.3. The number of aromatic nitrogens is 4. The van der Waals surface area contributed by atoms with Gasteiger partial charge in [-0.05, 0) is 83.9 Å². The second-order valence-electron chi connectivity index (χ2n) is 13.1. The molecule has 10 aromatic rings. The zero-order valence-corrected chi connectivity index (χ0v) is 29.4. The van der Waals surface area contributed by atoms with Crippen molar-refractivity contribution in [2.75, 3.05) is 0 Å². The lowest BCUT2D eigenvalue weighted by Gasteiger charge is -2.10. The molecule has 0 amide bonds. The molecular weight excluding hydrogens is 681 g/mol. The SMILES string of the molecule is N#Cc1cc(C#N)cc(-c2ccc3sc4ccc(-n5c6ccccc6c6cc(-c7nc(-c8ccccc8)nc(-c8ccccc8)n7)ccc65)cc4c3c2)c1. The third-order valence-electron chi connectivity index (χ3n) is 9.87. The first kappa shape index (κ1) is 31.3. The van der Waals surface area contributed by atoms with Crippen LogP contribution >= 0.6 is 11.3 Å². The number of hydrogen-bond donors (Lipinski definition) is 0. The fraction of sp³-hybridized carbons (Fsp3) is 0. The molecule has 0 saturated carbocycles. The van der Waals surface area contributed by atoms with Gasteiger partial charge in [0.25, 0.3) is 0 Å². The molecule has 0 saturated heterocycles. The maximum atomic E-state index is 9.59. The maximum Gasteiger partial charge on any atom is 0.164 e. The number of benzene rings is 7. The van der Waals surface area contributed by atoms with Crippen LogP contribution in [-0.4, -0.2) is 19.5 Å². The van der Waals surface area contributed by atoms with Crippen LogP contribution in [0.4, 0.5) is 0 Å². The molecule has 3 heterocycles. The van der Waals surface area contributed by atoms with Crippen LogP contribution in [0.1, 0.15) is 11.1 Å². The van der Waals surface area contributed by atoms with E-state index in [1.54, 1.807) is 17.4 Å². The molecule has 0 fully saturated rings. The minimum absolute atomic E-state index is 0.472. The minimum atomic E-state index is 0.472. The smallest absolute Gasteiger partial charge is 0.164 e. The van der Waals surface area contributed by atoms with Crippen molar-refractivity contribution in [1.29, 1.82) is 10.5 Å². The number of nitriles is 2. The second-order valence-corrected chi connectivity index (χ2v) is 14.2. The van der Waals surface area contributed by atoms with Gasteiger partial charge in [0.1, 0.15) is 0 Å². The number of hydrogen-bond acceptors (Lipinski definition) is 6. The number of rotatable bonds is 5. The highest BCUT2D eigenvalue weighted by molar-refractivity contribution is 7.25. The van der Waals surface area contributed by atoms with Gasteiger partial charge in [-0.3, -0.25) is 0 Å². The van der Waals surface area contributed by atoms with Crippen molar-refractivity contribution in [2.45, 2.75) is 0 Å². The molecule has 54 heavy (non-hydrogen) atoms. The van der Waals surface area contributed by atoms with E-state index in [2.05, 4.69) is 95.6 Å².